The van der Waals surface area contributed by atoms with Crippen LogP contribution in [0.25, 0.3) is 10.9 Å². The Bertz CT molecular complexity index is 1050. The van der Waals surface area contributed by atoms with Crippen molar-refractivity contribution in [1.82, 2.24) is 9.78 Å². The first-order valence-electron chi connectivity index (χ1n) is 10.7. The van der Waals surface area contributed by atoms with Crippen molar-refractivity contribution < 1.29 is 13.9 Å². The number of alkyl halides is 1. The zero-order chi connectivity index (χ0) is 21.7. The van der Waals surface area contributed by atoms with Crippen LogP contribution in [-0.4, -0.2) is 28.5 Å². The first kappa shape index (κ1) is 20.8. The van der Waals surface area contributed by atoms with Crippen molar-refractivity contribution in [3.63, 3.8) is 0 Å². The van der Waals surface area contributed by atoms with E-state index in [1.165, 1.54) is 12.7 Å². The summed E-state index contributed by atoms with van der Waals surface area (Å²) in [6.07, 6.45) is 9.00. The lowest BCUT2D eigenvalue weighted by Gasteiger charge is -2.46. The summed E-state index contributed by atoms with van der Waals surface area (Å²) in [5.74, 6) is -0.247. The van der Waals surface area contributed by atoms with E-state index in [1.807, 2.05) is 37.0 Å². The van der Waals surface area contributed by atoms with Gasteiger partial charge < -0.3 is 4.74 Å². The van der Waals surface area contributed by atoms with E-state index in [1.54, 1.807) is 6.92 Å². The van der Waals surface area contributed by atoms with Gasteiger partial charge in [-0.1, -0.05) is 31.2 Å². The molecule has 1 heterocycles. The zero-order valence-electron chi connectivity index (χ0n) is 18.6. The van der Waals surface area contributed by atoms with Crippen LogP contribution >= 0.6 is 0 Å². The van der Waals surface area contributed by atoms with Gasteiger partial charge in [-0.25, -0.2) is 4.39 Å². The molecule has 1 aromatic carbocycles. The number of esters is 1. The zero-order valence-corrected chi connectivity index (χ0v) is 18.6. The number of hydrogen-bond donors (Lipinski definition) is 0. The summed E-state index contributed by atoms with van der Waals surface area (Å²) in [4.78, 5) is 13.1. The molecule has 1 unspecified atom stereocenters. The van der Waals surface area contributed by atoms with Crippen LogP contribution < -0.4 is 0 Å². The van der Waals surface area contributed by atoms with Crippen LogP contribution in [-0.2, 0) is 22.0 Å². The number of nitrogens with zero attached hydrogens (tertiary/aromatic N) is 2. The Balaban J connectivity index is 1.70. The molecule has 1 atom stereocenters. The van der Waals surface area contributed by atoms with Gasteiger partial charge in [0.2, 0.25) is 0 Å². The van der Waals surface area contributed by atoms with E-state index in [9.17, 15) is 4.79 Å². The fourth-order valence-corrected chi connectivity index (χ4v) is 5.29. The van der Waals surface area contributed by atoms with Crippen molar-refractivity contribution in [1.29, 1.82) is 0 Å². The molecule has 2 aromatic rings. The van der Waals surface area contributed by atoms with Crippen molar-refractivity contribution in [3.8, 4) is 0 Å². The normalized spacial score (nSPS) is 31.9. The number of aromatic nitrogens is 2. The Morgan fingerprint density at radius 1 is 1.20 bits per heavy atom. The number of carbonyl (C=O) groups is 1. The SMILES string of the molecule is COC(=O)C1(C2=C(C)C(C)(F)CC=C2)CCC(C)(c2ccc3cnn(C)c3c2)CC1. The van der Waals surface area contributed by atoms with Crippen LogP contribution in [0, 0.1) is 5.41 Å². The predicted octanol–water partition coefficient (Wildman–Crippen LogP) is 5.57. The molecule has 0 aliphatic heterocycles. The van der Waals surface area contributed by atoms with E-state index in [0.717, 1.165) is 29.3 Å². The Morgan fingerprint density at radius 3 is 2.57 bits per heavy atom. The monoisotopic (exact) mass is 410 g/mol. The van der Waals surface area contributed by atoms with E-state index >= 15 is 4.39 Å². The molecule has 2 aliphatic carbocycles. The number of carbonyl (C=O) groups excluding carboxylic acids is 1. The highest BCUT2D eigenvalue weighted by Gasteiger charge is 2.50. The van der Waals surface area contributed by atoms with Gasteiger partial charge in [-0.05, 0) is 67.7 Å². The van der Waals surface area contributed by atoms with Crippen molar-refractivity contribution in [2.24, 2.45) is 12.5 Å². The molecule has 1 fully saturated rings. The van der Waals surface area contributed by atoms with Crippen LogP contribution in [0.3, 0.4) is 0 Å². The number of methoxy groups -OCH3 is 1. The minimum absolute atomic E-state index is 0.0537. The quantitative estimate of drug-likeness (QED) is 0.622. The van der Waals surface area contributed by atoms with Crippen molar-refractivity contribution in [2.75, 3.05) is 7.11 Å². The number of hydrogen-bond acceptors (Lipinski definition) is 3. The van der Waals surface area contributed by atoms with Gasteiger partial charge in [0.25, 0.3) is 0 Å². The van der Waals surface area contributed by atoms with E-state index in [4.69, 9.17) is 4.74 Å². The predicted molar refractivity (Wildman–Crippen MR) is 117 cm³/mol. The lowest BCUT2D eigenvalue weighted by Crippen LogP contribution is -2.44. The van der Waals surface area contributed by atoms with Gasteiger partial charge in [0.15, 0.2) is 0 Å². The third-order valence-electron chi connectivity index (χ3n) is 7.72. The molecular weight excluding hydrogens is 379 g/mol. The molecule has 0 saturated heterocycles. The van der Waals surface area contributed by atoms with Gasteiger partial charge in [0.1, 0.15) is 5.67 Å². The number of rotatable bonds is 3. The van der Waals surface area contributed by atoms with E-state index in [2.05, 4.69) is 30.2 Å². The summed E-state index contributed by atoms with van der Waals surface area (Å²) in [6, 6.07) is 6.52. The van der Waals surface area contributed by atoms with Crippen molar-refractivity contribution >= 4 is 16.9 Å². The molecule has 0 radical (unpaired) electrons. The lowest BCUT2D eigenvalue weighted by molar-refractivity contribution is -0.152. The topological polar surface area (TPSA) is 44.1 Å². The average molecular weight is 411 g/mol. The fraction of sp³-hybridized carbons (Fsp3) is 0.520. The van der Waals surface area contributed by atoms with Gasteiger partial charge in [0, 0.05) is 18.9 Å². The van der Waals surface area contributed by atoms with Crippen LogP contribution in [0.5, 0.6) is 0 Å². The summed E-state index contributed by atoms with van der Waals surface area (Å²) < 4.78 is 22.3. The Labute approximate surface area is 177 Å². The first-order valence-corrected chi connectivity index (χ1v) is 10.7. The number of allylic oxidation sites excluding steroid dienone is 3. The molecule has 2 aliphatic rings. The third-order valence-corrected chi connectivity index (χ3v) is 7.72. The standard InChI is InChI=1S/C25H31FN2O2/c1-17-20(7-6-10-24(17,3)26)25(22(29)30-5)13-11-23(2,12-14-25)19-9-8-18-16-27-28(4)21(18)15-19/h6-9,15-16H,10-14H2,1-5H3. The highest BCUT2D eigenvalue weighted by atomic mass is 19.1. The second-order valence-corrected chi connectivity index (χ2v) is 9.52. The molecule has 1 aromatic heterocycles. The smallest absolute Gasteiger partial charge is 0.316 e. The molecule has 30 heavy (non-hydrogen) atoms. The second-order valence-electron chi connectivity index (χ2n) is 9.52. The molecule has 0 N–H and O–H groups in total. The molecular formula is C25H31FN2O2. The number of ether oxygens (including phenoxy) is 1. The Morgan fingerprint density at radius 2 is 1.90 bits per heavy atom. The molecule has 0 amide bonds. The highest BCUT2D eigenvalue weighted by Crippen LogP contribution is 2.54. The summed E-state index contributed by atoms with van der Waals surface area (Å²) in [7, 11) is 3.39. The number of fused-ring (bicyclic) bond motifs is 1. The maximum absolute atomic E-state index is 15.1. The Hall–Kier alpha value is -2.43. The molecule has 4 rings (SSSR count). The van der Waals surface area contributed by atoms with Gasteiger partial charge >= 0.3 is 5.97 Å². The Kier molecular flexibility index (Phi) is 4.91. The number of benzene rings is 1. The van der Waals surface area contributed by atoms with Gasteiger partial charge in [0.05, 0.1) is 24.2 Å². The average Bonchev–Trinajstić information content (AvgIpc) is 3.11. The maximum Gasteiger partial charge on any atom is 0.316 e. The van der Waals surface area contributed by atoms with E-state index in [-0.39, 0.29) is 11.4 Å². The lowest BCUT2D eigenvalue weighted by atomic mass is 9.58. The fourth-order valence-electron chi connectivity index (χ4n) is 5.29. The largest absolute Gasteiger partial charge is 0.468 e. The molecule has 5 heteroatoms. The molecule has 1 saturated carbocycles. The molecule has 4 nitrogen and oxygen atoms in total. The summed E-state index contributed by atoms with van der Waals surface area (Å²) in [5.41, 5.74) is 1.60. The van der Waals surface area contributed by atoms with Crippen LogP contribution in [0.4, 0.5) is 4.39 Å². The maximum atomic E-state index is 15.1. The van der Waals surface area contributed by atoms with Gasteiger partial charge in [-0.2, -0.15) is 5.10 Å². The third kappa shape index (κ3) is 3.10. The van der Waals surface area contributed by atoms with E-state index < -0.39 is 11.1 Å². The molecule has 0 spiro atoms. The van der Waals surface area contributed by atoms with Crippen molar-refractivity contribution in [3.05, 3.63) is 53.3 Å². The molecule has 160 valence electrons. The summed E-state index contributed by atoms with van der Waals surface area (Å²) in [6.45, 7) is 5.70. The van der Waals surface area contributed by atoms with E-state index in [0.29, 0.717) is 24.8 Å². The highest BCUT2D eigenvalue weighted by molar-refractivity contribution is 5.83. The van der Waals surface area contributed by atoms with Gasteiger partial charge in [-0.15, -0.1) is 0 Å². The van der Waals surface area contributed by atoms with Crippen LogP contribution in [0.2, 0.25) is 0 Å². The summed E-state index contributed by atoms with van der Waals surface area (Å²) >= 11 is 0. The van der Waals surface area contributed by atoms with Crippen LogP contribution in [0.15, 0.2) is 47.7 Å². The molecule has 0 bridgehead atoms. The van der Waals surface area contributed by atoms with Crippen LogP contribution in [0.1, 0.15) is 58.4 Å². The number of aryl methyl sites for hydroxylation is 1. The van der Waals surface area contributed by atoms with Gasteiger partial charge in [-0.3, -0.25) is 9.48 Å². The second kappa shape index (κ2) is 7.07. The minimum atomic E-state index is -1.42. The minimum Gasteiger partial charge on any atom is -0.468 e. The number of halogens is 1. The summed E-state index contributed by atoms with van der Waals surface area (Å²) in [5, 5.41) is 5.48. The first-order chi connectivity index (χ1) is 14.1. The van der Waals surface area contributed by atoms with Crippen molar-refractivity contribution in [2.45, 2.75) is 64.0 Å².